The molecule has 1 amide bonds. The first-order valence-electron chi connectivity index (χ1n) is 7.96. The molecule has 1 heterocycles. The Balaban J connectivity index is 1.62. The monoisotopic (exact) mass is 328 g/mol. The van der Waals surface area contributed by atoms with Crippen LogP contribution in [0.3, 0.4) is 0 Å². The number of anilines is 2. The fourth-order valence-corrected chi connectivity index (χ4v) is 2.69. The maximum absolute atomic E-state index is 12.8. The second-order valence-corrected chi connectivity index (χ2v) is 5.58. The van der Waals surface area contributed by atoms with Crippen molar-refractivity contribution in [1.29, 1.82) is 0 Å². The summed E-state index contributed by atoms with van der Waals surface area (Å²) in [7, 11) is 0. The fourth-order valence-electron chi connectivity index (χ4n) is 2.69. The number of nitrogens with one attached hydrogen (secondary N) is 2. The van der Waals surface area contributed by atoms with Crippen LogP contribution in [0.2, 0.25) is 0 Å². The van der Waals surface area contributed by atoms with Crippen molar-refractivity contribution in [2.75, 3.05) is 10.7 Å². The molecule has 0 fully saturated rings. The molecule has 2 N–H and O–H groups in total. The summed E-state index contributed by atoms with van der Waals surface area (Å²) in [6.45, 7) is 0. The second-order valence-electron chi connectivity index (χ2n) is 5.58. The van der Waals surface area contributed by atoms with E-state index in [-0.39, 0.29) is 5.91 Å². The van der Waals surface area contributed by atoms with Gasteiger partial charge < -0.3 is 5.32 Å². The van der Waals surface area contributed by atoms with Crippen LogP contribution in [0.4, 0.5) is 11.4 Å². The Hall–Kier alpha value is -3.60. The van der Waals surface area contributed by atoms with Crippen molar-refractivity contribution in [2.45, 2.75) is 0 Å². The van der Waals surface area contributed by atoms with E-state index in [4.69, 9.17) is 0 Å². The molecular formula is C20H16N4O. The summed E-state index contributed by atoms with van der Waals surface area (Å²) in [5.41, 5.74) is 6.80. The average molecular weight is 328 g/mol. The highest BCUT2D eigenvalue weighted by atomic mass is 16.2. The number of amides is 1. The number of hydrogen-bond donors (Lipinski definition) is 2. The van der Waals surface area contributed by atoms with Gasteiger partial charge in [0.25, 0.3) is 5.91 Å². The normalized spacial score (nSPS) is 10.6. The van der Waals surface area contributed by atoms with Gasteiger partial charge in [0.05, 0.1) is 22.3 Å². The molecule has 0 saturated carbocycles. The zero-order chi connectivity index (χ0) is 17.1. The highest BCUT2D eigenvalue weighted by Gasteiger charge is 2.12. The lowest BCUT2D eigenvalue weighted by molar-refractivity contribution is 0.101. The first-order valence-corrected chi connectivity index (χ1v) is 7.96. The SMILES string of the molecule is O=C(Nn1cnc2ccccc21)c1ccccc1Nc1ccccc1. The maximum Gasteiger partial charge on any atom is 0.272 e. The number of benzene rings is 3. The van der Waals surface area contributed by atoms with Gasteiger partial charge in [-0.25, -0.2) is 9.66 Å². The molecule has 0 aliphatic rings. The van der Waals surface area contributed by atoms with Crippen molar-refractivity contribution in [3.63, 3.8) is 0 Å². The van der Waals surface area contributed by atoms with E-state index < -0.39 is 0 Å². The van der Waals surface area contributed by atoms with Crippen molar-refractivity contribution < 1.29 is 4.79 Å². The summed E-state index contributed by atoms with van der Waals surface area (Å²) in [5, 5.41) is 3.28. The van der Waals surface area contributed by atoms with Crippen molar-refractivity contribution in [3.05, 3.63) is 90.8 Å². The van der Waals surface area contributed by atoms with Crippen LogP contribution in [0.5, 0.6) is 0 Å². The maximum atomic E-state index is 12.8. The Labute approximate surface area is 144 Å². The molecule has 122 valence electrons. The van der Waals surface area contributed by atoms with E-state index >= 15 is 0 Å². The summed E-state index contributed by atoms with van der Waals surface area (Å²) in [6.07, 6.45) is 1.61. The minimum Gasteiger partial charge on any atom is -0.355 e. The van der Waals surface area contributed by atoms with Gasteiger partial charge in [0.2, 0.25) is 0 Å². The van der Waals surface area contributed by atoms with Gasteiger partial charge in [0.15, 0.2) is 0 Å². The third-order valence-corrected chi connectivity index (χ3v) is 3.90. The number of para-hydroxylation sites is 4. The molecule has 25 heavy (non-hydrogen) atoms. The van der Waals surface area contributed by atoms with Crippen LogP contribution in [-0.2, 0) is 0 Å². The first kappa shape index (κ1) is 15.0. The third-order valence-electron chi connectivity index (χ3n) is 3.90. The Morgan fingerprint density at radius 3 is 2.44 bits per heavy atom. The van der Waals surface area contributed by atoms with Crippen molar-refractivity contribution in [3.8, 4) is 0 Å². The summed E-state index contributed by atoms with van der Waals surface area (Å²) < 4.78 is 1.64. The van der Waals surface area contributed by atoms with Crippen molar-refractivity contribution >= 4 is 28.3 Å². The Morgan fingerprint density at radius 1 is 0.840 bits per heavy atom. The van der Waals surface area contributed by atoms with Gasteiger partial charge in [-0.15, -0.1) is 0 Å². The Kier molecular flexibility index (Phi) is 3.88. The topological polar surface area (TPSA) is 59.0 Å². The molecule has 0 aliphatic carbocycles. The Bertz CT molecular complexity index is 1020. The lowest BCUT2D eigenvalue weighted by atomic mass is 10.1. The second kappa shape index (κ2) is 6.49. The number of rotatable bonds is 4. The average Bonchev–Trinajstić information content (AvgIpc) is 3.06. The summed E-state index contributed by atoms with van der Waals surface area (Å²) in [6, 6.07) is 24.8. The van der Waals surface area contributed by atoms with Crippen LogP contribution in [0, 0.1) is 0 Å². The number of fused-ring (bicyclic) bond motifs is 1. The van der Waals surface area contributed by atoms with E-state index in [9.17, 15) is 4.79 Å². The number of nitrogens with zero attached hydrogens (tertiary/aromatic N) is 2. The van der Waals surface area contributed by atoms with Gasteiger partial charge in [0, 0.05) is 5.69 Å². The van der Waals surface area contributed by atoms with E-state index in [1.807, 2.05) is 72.8 Å². The summed E-state index contributed by atoms with van der Waals surface area (Å²) in [5.74, 6) is -0.206. The minimum absolute atomic E-state index is 0.206. The standard InChI is InChI=1S/C20H16N4O/c25-20(23-24-14-21-18-12-6-7-13-19(18)24)16-10-4-5-11-17(16)22-15-8-2-1-3-9-15/h1-14,22H,(H,23,25). The van der Waals surface area contributed by atoms with Gasteiger partial charge in [0.1, 0.15) is 6.33 Å². The first-order chi connectivity index (χ1) is 12.3. The largest absolute Gasteiger partial charge is 0.355 e. The lowest BCUT2D eigenvalue weighted by Gasteiger charge is -2.13. The highest BCUT2D eigenvalue weighted by Crippen LogP contribution is 2.21. The molecule has 3 aromatic carbocycles. The minimum atomic E-state index is -0.206. The van der Waals surface area contributed by atoms with Gasteiger partial charge in [-0.3, -0.25) is 10.2 Å². The molecule has 0 unspecified atom stereocenters. The zero-order valence-electron chi connectivity index (χ0n) is 13.4. The predicted octanol–water partition coefficient (Wildman–Crippen LogP) is 4.16. The van der Waals surface area contributed by atoms with Gasteiger partial charge in [-0.1, -0.05) is 42.5 Å². The lowest BCUT2D eigenvalue weighted by Crippen LogP contribution is -2.22. The van der Waals surface area contributed by atoms with E-state index in [1.54, 1.807) is 17.1 Å². The van der Waals surface area contributed by atoms with E-state index in [0.717, 1.165) is 22.4 Å². The summed E-state index contributed by atoms with van der Waals surface area (Å²) >= 11 is 0. The van der Waals surface area contributed by atoms with Gasteiger partial charge >= 0.3 is 0 Å². The number of hydrogen-bond acceptors (Lipinski definition) is 3. The quantitative estimate of drug-likeness (QED) is 0.591. The van der Waals surface area contributed by atoms with E-state index in [1.165, 1.54) is 0 Å². The van der Waals surface area contributed by atoms with Crippen LogP contribution in [0.15, 0.2) is 85.2 Å². The molecule has 0 aliphatic heterocycles. The van der Waals surface area contributed by atoms with Crippen LogP contribution in [0.1, 0.15) is 10.4 Å². The molecule has 0 bridgehead atoms. The van der Waals surface area contributed by atoms with Crippen LogP contribution >= 0.6 is 0 Å². The van der Waals surface area contributed by atoms with E-state index in [0.29, 0.717) is 5.56 Å². The summed E-state index contributed by atoms with van der Waals surface area (Å²) in [4.78, 5) is 17.1. The molecule has 4 aromatic rings. The van der Waals surface area contributed by atoms with E-state index in [2.05, 4.69) is 15.7 Å². The van der Waals surface area contributed by atoms with Crippen molar-refractivity contribution in [1.82, 2.24) is 9.66 Å². The predicted molar refractivity (Wildman–Crippen MR) is 99.6 cm³/mol. The molecule has 0 radical (unpaired) electrons. The smallest absolute Gasteiger partial charge is 0.272 e. The highest BCUT2D eigenvalue weighted by molar-refractivity contribution is 6.05. The number of carbonyl (C=O) groups is 1. The molecule has 0 saturated heterocycles. The fraction of sp³-hybridized carbons (Fsp3) is 0. The molecular weight excluding hydrogens is 312 g/mol. The van der Waals surface area contributed by atoms with Gasteiger partial charge in [-0.05, 0) is 36.4 Å². The molecule has 0 spiro atoms. The number of carbonyl (C=O) groups excluding carboxylic acids is 1. The molecule has 1 aromatic heterocycles. The zero-order valence-corrected chi connectivity index (χ0v) is 13.4. The van der Waals surface area contributed by atoms with Crippen molar-refractivity contribution in [2.24, 2.45) is 0 Å². The van der Waals surface area contributed by atoms with Crippen LogP contribution in [-0.4, -0.2) is 15.6 Å². The van der Waals surface area contributed by atoms with Crippen LogP contribution < -0.4 is 10.7 Å². The Morgan fingerprint density at radius 2 is 1.56 bits per heavy atom. The third kappa shape index (κ3) is 3.07. The van der Waals surface area contributed by atoms with Gasteiger partial charge in [-0.2, -0.15) is 0 Å². The molecule has 0 atom stereocenters. The van der Waals surface area contributed by atoms with Crippen LogP contribution in [0.25, 0.3) is 11.0 Å². The number of imidazole rings is 1. The molecule has 4 rings (SSSR count). The number of aromatic nitrogens is 2. The molecule has 5 heteroatoms. The molecule has 5 nitrogen and oxygen atoms in total.